The number of carboxylic acids is 1. The van der Waals surface area contributed by atoms with Crippen molar-refractivity contribution in [2.75, 3.05) is 6.54 Å². The zero-order valence-corrected chi connectivity index (χ0v) is 11.2. The predicted molar refractivity (Wildman–Crippen MR) is 71.5 cm³/mol. The number of non-ortho nitro benzene ring substituents is 1. The first-order valence-electron chi connectivity index (χ1n) is 6.35. The second-order valence-corrected chi connectivity index (χ2v) is 4.38. The van der Waals surface area contributed by atoms with Crippen LogP contribution in [-0.2, 0) is 4.79 Å². The fourth-order valence-corrected chi connectivity index (χ4v) is 1.68. The van der Waals surface area contributed by atoms with Crippen LogP contribution in [0.4, 0.5) is 10.1 Å². The summed E-state index contributed by atoms with van der Waals surface area (Å²) >= 11 is 0. The number of nitrogens with zero attached hydrogens (tertiary/aromatic N) is 1. The molecule has 0 aromatic heterocycles. The van der Waals surface area contributed by atoms with Gasteiger partial charge in [0.05, 0.1) is 16.6 Å². The Balaban J connectivity index is 2.42. The Morgan fingerprint density at radius 2 is 2.00 bits per heavy atom. The Morgan fingerprint density at radius 1 is 1.29 bits per heavy atom. The number of nitrogens with one attached hydrogen (secondary N) is 1. The third kappa shape index (κ3) is 5.55. The van der Waals surface area contributed by atoms with Gasteiger partial charge in [0.15, 0.2) is 0 Å². The number of rotatable bonds is 8. The van der Waals surface area contributed by atoms with Gasteiger partial charge in [-0.1, -0.05) is 6.42 Å². The summed E-state index contributed by atoms with van der Waals surface area (Å²) in [4.78, 5) is 31.7. The Bertz CT molecular complexity index is 547. The van der Waals surface area contributed by atoms with Crippen molar-refractivity contribution in [3.8, 4) is 0 Å². The summed E-state index contributed by atoms with van der Waals surface area (Å²) in [6.07, 6.45) is 1.80. The molecule has 7 nitrogen and oxygen atoms in total. The van der Waals surface area contributed by atoms with Crippen molar-refractivity contribution in [2.45, 2.75) is 25.7 Å². The molecule has 0 saturated carbocycles. The van der Waals surface area contributed by atoms with Gasteiger partial charge in [0.2, 0.25) is 0 Å². The summed E-state index contributed by atoms with van der Waals surface area (Å²) in [5.74, 6) is -2.47. The van der Waals surface area contributed by atoms with Gasteiger partial charge < -0.3 is 10.4 Å². The fourth-order valence-electron chi connectivity index (χ4n) is 1.68. The van der Waals surface area contributed by atoms with E-state index in [4.69, 9.17) is 5.11 Å². The van der Waals surface area contributed by atoms with E-state index in [1.807, 2.05) is 0 Å². The molecular weight excluding hydrogens is 283 g/mol. The molecule has 1 aromatic rings. The number of benzene rings is 1. The number of carbonyl (C=O) groups excluding carboxylic acids is 1. The first kappa shape index (κ1) is 16.5. The van der Waals surface area contributed by atoms with E-state index in [0.29, 0.717) is 25.3 Å². The monoisotopic (exact) mass is 298 g/mol. The molecule has 1 amide bonds. The van der Waals surface area contributed by atoms with Gasteiger partial charge in [0.25, 0.3) is 11.6 Å². The van der Waals surface area contributed by atoms with Crippen LogP contribution in [0.5, 0.6) is 0 Å². The van der Waals surface area contributed by atoms with E-state index >= 15 is 0 Å². The normalized spacial score (nSPS) is 10.1. The minimum absolute atomic E-state index is 0.0743. The highest BCUT2D eigenvalue weighted by Gasteiger charge is 2.15. The first-order valence-corrected chi connectivity index (χ1v) is 6.35. The Labute approximate surface area is 119 Å². The fraction of sp³-hybridized carbons (Fsp3) is 0.385. The van der Waals surface area contributed by atoms with Gasteiger partial charge in [-0.15, -0.1) is 0 Å². The van der Waals surface area contributed by atoms with E-state index in [9.17, 15) is 24.1 Å². The summed E-state index contributed by atoms with van der Waals surface area (Å²) in [7, 11) is 0. The molecule has 0 aliphatic heterocycles. The number of halogens is 1. The summed E-state index contributed by atoms with van der Waals surface area (Å²) in [5, 5.41) is 21.4. The highest BCUT2D eigenvalue weighted by atomic mass is 19.1. The highest BCUT2D eigenvalue weighted by Crippen LogP contribution is 2.16. The summed E-state index contributed by atoms with van der Waals surface area (Å²) in [6, 6.07) is 2.82. The zero-order valence-electron chi connectivity index (χ0n) is 11.2. The maximum absolute atomic E-state index is 13.5. The second-order valence-electron chi connectivity index (χ2n) is 4.38. The molecule has 0 aliphatic carbocycles. The number of aliphatic carboxylic acids is 1. The number of unbranched alkanes of at least 4 members (excludes halogenated alkanes) is 2. The van der Waals surface area contributed by atoms with Gasteiger partial charge in [-0.25, -0.2) is 4.39 Å². The molecule has 0 radical (unpaired) electrons. The maximum Gasteiger partial charge on any atom is 0.303 e. The average molecular weight is 298 g/mol. The summed E-state index contributed by atoms with van der Waals surface area (Å²) in [6.45, 7) is 0.287. The van der Waals surface area contributed by atoms with E-state index in [2.05, 4.69) is 5.32 Å². The molecular formula is C13H15FN2O5. The standard InChI is InChI=1S/C13H15FN2O5/c14-11-8-9(16(20)21)5-6-10(11)13(19)15-7-3-1-2-4-12(17)18/h5-6,8H,1-4,7H2,(H,15,19)(H,17,18). The SMILES string of the molecule is O=C(O)CCCCCNC(=O)c1ccc([N+](=O)[O-])cc1F. The molecule has 0 bridgehead atoms. The van der Waals surface area contributed by atoms with E-state index in [-0.39, 0.29) is 18.5 Å². The minimum atomic E-state index is -0.951. The van der Waals surface area contributed by atoms with Crippen molar-refractivity contribution in [2.24, 2.45) is 0 Å². The molecule has 0 spiro atoms. The molecule has 1 rings (SSSR count). The van der Waals surface area contributed by atoms with Crippen LogP contribution in [0.1, 0.15) is 36.0 Å². The van der Waals surface area contributed by atoms with Crippen LogP contribution in [-0.4, -0.2) is 28.5 Å². The van der Waals surface area contributed by atoms with E-state index < -0.39 is 28.3 Å². The van der Waals surface area contributed by atoms with Crippen molar-refractivity contribution in [1.29, 1.82) is 0 Å². The van der Waals surface area contributed by atoms with Crippen LogP contribution in [0.2, 0.25) is 0 Å². The molecule has 0 fully saturated rings. The van der Waals surface area contributed by atoms with Crippen molar-refractivity contribution in [3.63, 3.8) is 0 Å². The number of nitro benzene ring substituents is 1. The van der Waals surface area contributed by atoms with Gasteiger partial charge in [0, 0.05) is 19.0 Å². The third-order valence-corrected chi connectivity index (χ3v) is 2.76. The van der Waals surface area contributed by atoms with Crippen LogP contribution < -0.4 is 5.32 Å². The van der Waals surface area contributed by atoms with Crippen LogP contribution in [0, 0.1) is 15.9 Å². The largest absolute Gasteiger partial charge is 0.481 e. The number of carbonyl (C=O) groups is 2. The lowest BCUT2D eigenvalue weighted by atomic mass is 10.1. The van der Waals surface area contributed by atoms with E-state index in [1.54, 1.807) is 0 Å². The first-order chi connectivity index (χ1) is 9.91. The zero-order chi connectivity index (χ0) is 15.8. The quantitative estimate of drug-likeness (QED) is 0.434. The van der Waals surface area contributed by atoms with E-state index in [1.165, 1.54) is 0 Å². The van der Waals surface area contributed by atoms with Crippen molar-refractivity contribution < 1.29 is 24.0 Å². The molecule has 2 N–H and O–H groups in total. The topological polar surface area (TPSA) is 110 Å². The molecule has 0 unspecified atom stereocenters. The van der Waals surface area contributed by atoms with Crippen molar-refractivity contribution >= 4 is 17.6 Å². The van der Waals surface area contributed by atoms with Gasteiger partial charge in [-0.05, 0) is 18.9 Å². The smallest absolute Gasteiger partial charge is 0.303 e. The van der Waals surface area contributed by atoms with Crippen molar-refractivity contribution in [1.82, 2.24) is 5.32 Å². The number of amides is 1. The van der Waals surface area contributed by atoms with Gasteiger partial charge >= 0.3 is 5.97 Å². The molecule has 0 saturated heterocycles. The van der Waals surface area contributed by atoms with Crippen molar-refractivity contribution in [3.05, 3.63) is 39.7 Å². The van der Waals surface area contributed by atoms with Gasteiger partial charge in [0.1, 0.15) is 5.82 Å². The average Bonchev–Trinajstić information content (AvgIpc) is 2.41. The lowest BCUT2D eigenvalue weighted by molar-refractivity contribution is -0.385. The second kappa shape index (κ2) is 7.93. The van der Waals surface area contributed by atoms with Crippen LogP contribution in [0.3, 0.4) is 0 Å². The Hall–Kier alpha value is -2.51. The van der Waals surface area contributed by atoms with E-state index in [0.717, 1.165) is 12.1 Å². The predicted octanol–water partition coefficient (Wildman–Crippen LogP) is 2.11. The number of nitro groups is 1. The number of carboxylic acid groups (broad SMARTS) is 1. The highest BCUT2D eigenvalue weighted by molar-refractivity contribution is 5.94. The Morgan fingerprint density at radius 3 is 2.57 bits per heavy atom. The van der Waals surface area contributed by atoms with Gasteiger partial charge in [-0.3, -0.25) is 19.7 Å². The van der Waals surface area contributed by atoms with Gasteiger partial charge in [-0.2, -0.15) is 0 Å². The summed E-state index contributed by atoms with van der Waals surface area (Å²) < 4.78 is 13.5. The molecule has 0 atom stereocenters. The molecule has 8 heteroatoms. The summed E-state index contributed by atoms with van der Waals surface area (Å²) in [5.41, 5.74) is -0.677. The number of hydrogen-bond donors (Lipinski definition) is 2. The molecule has 1 aromatic carbocycles. The molecule has 114 valence electrons. The number of hydrogen-bond acceptors (Lipinski definition) is 4. The third-order valence-electron chi connectivity index (χ3n) is 2.76. The van der Waals surface area contributed by atoms with Crippen LogP contribution in [0.15, 0.2) is 18.2 Å². The Kier molecular flexibility index (Phi) is 6.25. The van der Waals surface area contributed by atoms with Crippen LogP contribution >= 0.6 is 0 Å². The molecule has 0 heterocycles. The van der Waals surface area contributed by atoms with Crippen LogP contribution in [0.25, 0.3) is 0 Å². The lowest BCUT2D eigenvalue weighted by Crippen LogP contribution is -2.25. The minimum Gasteiger partial charge on any atom is -0.481 e. The molecule has 21 heavy (non-hydrogen) atoms. The lowest BCUT2D eigenvalue weighted by Gasteiger charge is -2.05. The maximum atomic E-state index is 13.5. The molecule has 0 aliphatic rings.